The maximum Gasteiger partial charge on any atom is 0.338 e. The third-order valence-electron chi connectivity index (χ3n) is 7.83. The Kier molecular flexibility index (Phi) is 8.89. The van der Waals surface area contributed by atoms with Crippen molar-refractivity contribution in [2.24, 2.45) is 0 Å². The minimum Gasteiger partial charge on any atom is -0.467 e. The van der Waals surface area contributed by atoms with E-state index < -0.39 is 46.5 Å². The van der Waals surface area contributed by atoms with Crippen molar-refractivity contribution in [2.45, 2.75) is 115 Å². The Morgan fingerprint density at radius 2 is 1.49 bits per heavy atom. The molecule has 2 rings (SSSR count). The minimum absolute atomic E-state index is 0.0285. The fourth-order valence-corrected chi connectivity index (χ4v) is 6.48. The van der Waals surface area contributed by atoms with Crippen molar-refractivity contribution < 1.29 is 28.2 Å². The molecule has 11 heteroatoms. The lowest BCUT2D eigenvalue weighted by atomic mass is 9.79. The molecule has 1 aliphatic carbocycles. The summed E-state index contributed by atoms with van der Waals surface area (Å²) in [6, 6.07) is 0. The zero-order valence-electron chi connectivity index (χ0n) is 23.2. The minimum atomic E-state index is -2.33. The number of methoxy groups -OCH3 is 1. The van der Waals surface area contributed by atoms with Crippen molar-refractivity contribution in [2.75, 3.05) is 7.11 Å². The second-order valence-electron chi connectivity index (χ2n) is 12.6. The van der Waals surface area contributed by atoms with E-state index in [1.165, 1.54) is 7.11 Å². The van der Waals surface area contributed by atoms with E-state index in [-0.39, 0.29) is 28.1 Å². The predicted molar refractivity (Wildman–Crippen MR) is 145 cm³/mol. The molecule has 1 aromatic rings. The van der Waals surface area contributed by atoms with Crippen molar-refractivity contribution >= 4 is 40.0 Å². The quantitative estimate of drug-likeness (QED) is 0.308. The molecule has 1 N–H and O–H groups in total. The van der Waals surface area contributed by atoms with Crippen molar-refractivity contribution in [1.29, 1.82) is 0 Å². The van der Waals surface area contributed by atoms with E-state index >= 15 is 0 Å². The SMILES string of the molecule is COC(=O)C1(O)C[C@H](O[Si](C)(C)C(C)(C)C)C(OC(=S)n2ccnc2)[C@@H](O[Si](C)(C)C(C)(C)C)C1. The Morgan fingerprint density at radius 1 is 1.03 bits per heavy atom. The van der Waals surface area contributed by atoms with Crippen molar-refractivity contribution in [3.63, 3.8) is 0 Å². The van der Waals surface area contributed by atoms with Gasteiger partial charge in [0.2, 0.25) is 0 Å². The van der Waals surface area contributed by atoms with Crippen molar-refractivity contribution in [3.05, 3.63) is 18.7 Å². The summed E-state index contributed by atoms with van der Waals surface area (Å²) in [6.07, 6.45) is 3.07. The van der Waals surface area contributed by atoms with Gasteiger partial charge in [-0.05, 0) is 48.5 Å². The number of ether oxygens (including phenoxy) is 2. The van der Waals surface area contributed by atoms with Crippen LogP contribution in [0.1, 0.15) is 54.4 Å². The molecule has 0 unspecified atom stereocenters. The standard InChI is InChI=1S/C24H44N2O6SSi2/c1-22(2,3)34(8,9)31-17-14-24(28,20(27)29-7)15-18(32-35(10,11)23(4,5)6)19(17)30-21(33)26-13-12-25-16-26/h12-13,16-19,28H,14-15H2,1-11H3/t17-,18-,19?,24?/m0/s1. The topological polar surface area (TPSA) is 92.0 Å². The van der Waals surface area contributed by atoms with Crippen LogP contribution in [0.3, 0.4) is 0 Å². The first-order valence-electron chi connectivity index (χ1n) is 12.1. The van der Waals surface area contributed by atoms with E-state index in [0.717, 1.165) is 0 Å². The number of nitrogens with zero attached hydrogens (tertiary/aromatic N) is 2. The molecule has 1 aromatic heterocycles. The number of hydrogen-bond acceptors (Lipinski definition) is 8. The second-order valence-corrected chi connectivity index (χ2v) is 22.4. The number of carbonyl (C=O) groups excluding carboxylic acids is 1. The highest BCUT2D eigenvalue weighted by molar-refractivity contribution is 7.80. The van der Waals surface area contributed by atoms with Gasteiger partial charge in [0.1, 0.15) is 6.33 Å². The summed E-state index contributed by atoms with van der Waals surface area (Å²) in [6.45, 7) is 21.4. The van der Waals surface area contributed by atoms with Crippen LogP contribution in [0.5, 0.6) is 0 Å². The summed E-state index contributed by atoms with van der Waals surface area (Å²) in [4.78, 5) is 16.8. The van der Waals surface area contributed by atoms with Crippen molar-refractivity contribution in [3.8, 4) is 0 Å². The zero-order valence-corrected chi connectivity index (χ0v) is 26.0. The van der Waals surface area contributed by atoms with Crippen molar-refractivity contribution in [1.82, 2.24) is 9.55 Å². The Morgan fingerprint density at radius 3 is 1.83 bits per heavy atom. The van der Waals surface area contributed by atoms with Gasteiger partial charge in [0, 0.05) is 25.2 Å². The first kappa shape index (κ1) is 30.1. The van der Waals surface area contributed by atoms with E-state index in [2.05, 4.69) is 72.7 Å². The van der Waals surface area contributed by atoms with Gasteiger partial charge in [-0.15, -0.1) is 0 Å². The van der Waals surface area contributed by atoms with Gasteiger partial charge in [0.15, 0.2) is 28.3 Å². The van der Waals surface area contributed by atoms with Crippen LogP contribution in [-0.2, 0) is 23.1 Å². The number of rotatable bonds is 6. The molecule has 0 aromatic carbocycles. The van der Waals surface area contributed by atoms with Gasteiger partial charge >= 0.3 is 5.97 Å². The molecule has 35 heavy (non-hydrogen) atoms. The molecule has 1 saturated carbocycles. The van der Waals surface area contributed by atoms with Crippen LogP contribution < -0.4 is 0 Å². The second kappa shape index (κ2) is 10.3. The number of esters is 1. The summed E-state index contributed by atoms with van der Waals surface area (Å²) < 4.78 is 26.6. The fourth-order valence-electron chi connectivity index (χ4n) is 3.60. The van der Waals surface area contributed by atoms with Crippen LogP contribution in [0.2, 0.25) is 36.3 Å². The first-order chi connectivity index (χ1) is 15.7. The Balaban J connectivity index is 2.56. The molecule has 1 heterocycles. The summed E-state index contributed by atoms with van der Waals surface area (Å²) in [5, 5.41) is 11.5. The van der Waals surface area contributed by atoms with Gasteiger partial charge < -0.3 is 23.4 Å². The highest BCUT2D eigenvalue weighted by atomic mass is 32.1. The number of imidazole rings is 1. The molecular formula is C24H44N2O6SSi2. The van der Waals surface area contributed by atoms with Gasteiger partial charge in [0.05, 0.1) is 19.3 Å². The Labute approximate surface area is 218 Å². The van der Waals surface area contributed by atoms with Crippen LogP contribution in [0.4, 0.5) is 0 Å². The maximum atomic E-state index is 12.8. The van der Waals surface area contributed by atoms with Gasteiger partial charge in [0.25, 0.3) is 5.17 Å². The number of aliphatic hydroxyl groups is 1. The molecule has 0 bridgehead atoms. The van der Waals surface area contributed by atoms with Crippen LogP contribution in [-0.4, -0.2) is 73.5 Å². The molecule has 0 saturated heterocycles. The lowest BCUT2D eigenvalue weighted by Gasteiger charge is -2.50. The first-order valence-corrected chi connectivity index (χ1v) is 18.3. The molecule has 0 aliphatic heterocycles. The van der Waals surface area contributed by atoms with E-state index in [1.54, 1.807) is 23.3 Å². The molecule has 0 amide bonds. The van der Waals surface area contributed by atoms with E-state index in [9.17, 15) is 9.90 Å². The number of carbonyl (C=O) groups is 1. The molecule has 200 valence electrons. The van der Waals surface area contributed by atoms with Crippen LogP contribution in [0.25, 0.3) is 0 Å². The monoisotopic (exact) mass is 544 g/mol. The Hall–Kier alpha value is -1.12. The fraction of sp³-hybridized carbons (Fsp3) is 0.792. The van der Waals surface area contributed by atoms with E-state index in [0.29, 0.717) is 0 Å². The number of thiocarbonyl (C=S) groups is 1. The zero-order chi connectivity index (χ0) is 27.0. The van der Waals surface area contributed by atoms with Crippen LogP contribution in [0, 0.1) is 0 Å². The van der Waals surface area contributed by atoms with Gasteiger partial charge in [-0.25, -0.2) is 9.78 Å². The summed E-state index contributed by atoms with van der Waals surface area (Å²) in [7, 11) is -3.39. The molecule has 0 spiro atoms. The third-order valence-corrected chi connectivity index (χ3v) is 17.1. The summed E-state index contributed by atoms with van der Waals surface area (Å²) in [5.74, 6) is -0.694. The summed E-state index contributed by atoms with van der Waals surface area (Å²) >= 11 is 5.58. The lowest BCUT2D eigenvalue weighted by Crippen LogP contribution is -2.63. The van der Waals surface area contributed by atoms with Crippen LogP contribution in [0.15, 0.2) is 18.7 Å². The molecular weight excluding hydrogens is 501 g/mol. The Bertz CT molecular complexity index is 855. The van der Waals surface area contributed by atoms with Gasteiger partial charge in [-0.2, -0.15) is 0 Å². The molecule has 8 nitrogen and oxygen atoms in total. The lowest BCUT2D eigenvalue weighted by molar-refractivity contribution is -0.185. The third kappa shape index (κ3) is 6.81. The molecule has 1 fully saturated rings. The summed E-state index contributed by atoms with van der Waals surface area (Å²) in [5.41, 5.74) is -1.76. The van der Waals surface area contributed by atoms with Gasteiger partial charge in [-0.3, -0.25) is 4.57 Å². The largest absolute Gasteiger partial charge is 0.467 e. The molecule has 2 atom stereocenters. The van der Waals surface area contributed by atoms with E-state index in [1.807, 2.05) is 0 Å². The number of aromatic nitrogens is 2. The van der Waals surface area contributed by atoms with Gasteiger partial charge in [-0.1, -0.05) is 41.5 Å². The van der Waals surface area contributed by atoms with E-state index in [4.69, 9.17) is 30.5 Å². The highest BCUT2D eigenvalue weighted by Crippen LogP contribution is 2.45. The molecule has 1 aliphatic rings. The smallest absolute Gasteiger partial charge is 0.338 e. The predicted octanol–water partition coefficient (Wildman–Crippen LogP) is 4.88. The highest BCUT2D eigenvalue weighted by Gasteiger charge is 2.56. The molecule has 0 radical (unpaired) electrons. The number of hydrogen-bond donors (Lipinski definition) is 1. The van der Waals surface area contributed by atoms with Crippen LogP contribution >= 0.6 is 12.2 Å². The average molecular weight is 545 g/mol. The maximum absolute atomic E-state index is 12.8. The normalized spacial score (nSPS) is 26.3. The average Bonchev–Trinajstić information content (AvgIpc) is 3.22.